The number of rotatable bonds is 55. The maximum absolute atomic E-state index is 12.9. The molecule has 396 valence electrons. The SMILES string of the molecule is CCCCC/C=C\C/C=C\C/C=C\CCCCCCCCCOCC(COC(=O)CCCCCCCCC/C=C\C/C=C\CCCCC)OC(=O)CCCCCCCCCCCCCCCCC. The van der Waals surface area contributed by atoms with Gasteiger partial charge in [-0.25, -0.2) is 0 Å². The van der Waals surface area contributed by atoms with Crippen molar-refractivity contribution < 1.29 is 23.8 Å². The van der Waals surface area contributed by atoms with Gasteiger partial charge in [-0.05, 0) is 89.9 Å². The first-order valence-corrected chi connectivity index (χ1v) is 29.8. The van der Waals surface area contributed by atoms with Crippen LogP contribution in [0, 0.1) is 0 Å². The maximum atomic E-state index is 12.9. The molecule has 0 aliphatic rings. The van der Waals surface area contributed by atoms with Crippen molar-refractivity contribution in [2.45, 2.75) is 309 Å². The molecule has 0 saturated heterocycles. The molecule has 0 aliphatic carbocycles. The lowest BCUT2D eigenvalue weighted by Gasteiger charge is -2.18. The van der Waals surface area contributed by atoms with Crippen molar-refractivity contribution in [3.63, 3.8) is 0 Å². The predicted molar refractivity (Wildman–Crippen MR) is 298 cm³/mol. The Hall–Kier alpha value is -2.40. The summed E-state index contributed by atoms with van der Waals surface area (Å²) in [6.07, 6.45) is 75.2. The molecular formula is C63H114O5. The van der Waals surface area contributed by atoms with Gasteiger partial charge in [0.1, 0.15) is 6.61 Å². The quantitative estimate of drug-likeness (QED) is 0.0345. The lowest BCUT2D eigenvalue weighted by atomic mass is 10.0. The second-order valence-corrected chi connectivity index (χ2v) is 19.9. The Morgan fingerprint density at radius 1 is 0.324 bits per heavy atom. The number of hydrogen-bond donors (Lipinski definition) is 0. The number of hydrogen-bond acceptors (Lipinski definition) is 5. The standard InChI is InChI=1S/C63H114O5/c1-4-7-10-13-16-19-22-25-28-30-31-32-34-37-40-43-46-49-52-55-58-66-59-61(68-63(65)57-54-51-48-45-42-39-35-27-24-21-18-15-12-9-6-3)60-67-62(64)56-53-50-47-44-41-38-36-33-29-26-23-20-17-14-11-8-5-2/h16-17,19-20,25-26,28-29,31-32,61H,4-15,18,21-24,27,30,33-60H2,1-3H3/b19-16-,20-17-,28-25-,29-26-,32-31-. The van der Waals surface area contributed by atoms with Crippen molar-refractivity contribution in [1.82, 2.24) is 0 Å². The van der Waals surface area contributed by atoms with Crippen LogP contribution >= 0.6 is 0 Å². The van der Waals surface area contributed by atoms with Crippen molar-refractivity contribution in [3.8, 4) is 0 Å². The fourth-order valence-corrected chi connectivity index (χ4v) is 8.55. The van der Waals surface area contributed by atoms with Crippen molar-refractivity contribution >= 4 is 11.9 Å². The molecule has 0 aliphatic heterocycles. The van der Waals surface area contributed by atoms with E-state index in [2.05, 4.69) is 81.5 Å². The van der Waals surface area contributed by atoms with Gasteiger partial charge < -0.3 is 14.2 Å². The maximum Gasteiger partial charge on any atom is 0.306 e. The molecule has 0 spiro atoms. The van der Waals surface area contributed by atoms with Crippen LogP contribution in [-0.2, 0) is 23.8 Å². The van der Waals surface area contributed by atoms with Crippen LogP contribution < -0.4 is 0 Å². The van der Waals surface area contributed by atoms with Crippen molar-refractivity contribution in [2.24, 2.45) is 0 Å². The molecule has 0 radical (unpaired) electrons. The summed E-state index contributed by atoms with van der Waals surface area (Å²) in [6.45, 7) is 7.79. The third-order valence-corrected chi connectivity index (χ3v) is 13.0. The van der Waals surface area contributed by atoms with Gasteiger partial charge in [0.05, 0.1) is 6.61 Å². The molecule has 68 heavy (non-hydrogen) atoms. The van der Waals surface area contributed by atoms with Gasteiger partial charge in [0.25, 0.3) is 0 Å². The minimum atomic E-state index is -0.544. The first-order valence-electron chi connectivity index (χ1n) is 29.8. The second kappa shape index (κ2) is 58.9. The van der Waals surface area contributed by atoms with Crippen molar-refractivity contribution in [2.75, 3.05) is 19.8 Å². The summed E-state index contributed by atoms with van der Waals surface area (Å²) < 4.78 is 17.5. The molecule has 5 nitrogen and oxygen atoms in total. The van der Waals surface area contributed by atoms with Crippen LogP contribution in [0.15, 0.2) is 60.8 Å². The van der Waals surface area contributed by atoms with Crippen LogP contribution in [0.5, 0.6) is 0 Å². The largest absolute Gasteiger partial charge is 0.462 e. The third-order valence-electron chi connectivity index (χ3n) is 13.0. The summed E-state index contributed by atoms with van der Waals surface area (Å²) in [7, 11) is 0. The Morgan fingerprint density at radius 2 is 0.618 bits per heavy atom. The molecule has 0 fully saturated rings. The van der Waals surface area contributed by atoms with E-state index in [-0.39, 0.29) is 25.2 Å². The van der Waals surface area contributed by atoms with E-state index in [4.69, 9.17) is 14.2 Å². The lowest BCUT2D eigenvalue weighted by molar-refractivity contribution is -0.163. The number of ether oxygens (including phenoxy) is 3. The third kappa shape index (κ3) is 56.2. The summed E-state index contributed by atoms with van der Waals surface area (Å²) in [4.78, 5) is 25.5. The molecule has 0 aromatic carbocycles. The van der Waals surface area contributed by atoms with Gasteiger partial charge in [0.2, 0.25) is 0 Å². The molecule has 5 heteroatoms. The van der Waals surface area contributed by atoms with E-state index in [9.17, 15) is 9.59 Å². The summed E-state index contributed by atoms with van der Waals surface area (Å²) in [5.74, 6) is -0.398. The van der Waals surface area contributed by atoms with Crippen molar-refractivity contribution in [3.05, 3.63) is 60.8 Å². The molecule has 0 aromatic rings. The van der Waals surface area contributed by atoms with E-state index in [0.717, 1.165) is 64.2 Å². The van der Waals surface area contributed by atoms with Gasteiger partial charge in [0.15, 0.2) is 6.10 Å². The summed E-state index contributed by atoms with van der Waals surface area (Å²) in [6, 6.07) is 0. The topological polar surface area (TPSA) is 61.8 Å². The van der Waals surface area contributed by atoms with E-state index in [0.29, 0.717) is 19.4 Å². The zero-order chi connectivity index (χ0) is 49.2. The van der Waals surface area contributed by atoms with Gasteiger partial charge in [-0.2, -0.15) is 0 Å². The normalized spacial score (nSPS) is 12.6. The second-order valence-electron chi connectivity index (χ2n) is 19.9. The van der Waals surface area contributed by atoms with Crippen LogP contribution in [0.4, 0.5) is 0 Å². The number of allylic oxidation sites excluding steroid dienone is 10. The van der Waals surface area contributed by atoms with Gasteiger partial charge in [-0.3, -0.25) is 9.59 Å². The molecule has 0 N–H and O–H groups in total. The lowest BCUT2D eigenvalue weighted by Crippen LogP contribution is -2.30. The fourth-order valence-electron chi connectivity index (χ4n) is 8.55. The number of carbonyl (C=O) groups excluding carboxylic acids is 2. The molecule has 1 unspecified atom stereocenters. The average Bonchev–Trinajstić information content (AvgIpc) is 3.34. The zero-order valence-corrected chi connectivity index (χ0v) is 45.6. The summed E-state index contributed by atoms with van der Waals surface area (Å²) in [5.41, 5.74) is 0. The molecular weight excluding hydrogens is 837 g/mol. The predicted octanol–water partition coefficient (Wildman–Crippen LogP) is 20.5. The van der Waals surface area contributed by atoms with E-state index in [1.165, 1.54) is 205 Å². The highest BCUT2D eigenvalue weighted by Crippen LogP contribution is 2.16. The highest BCUT2D eigenvalue weighted by Gasteiger charge is 2.17. The molecule has 0 saturated carbocycles. The highest BCUT2D eigenvalue weighted by atomic mass is 16.6. The van der Waals surface area contributed by atoms with Gasteiger partial charge in [-0.15, -0.1) is 0 Å². The zero-order valence-electron chi connectivity index (χ0n) is 45.6. The number of carbonyl (C=O) groups is 2. The van der Waals surface area contributed by atoms with E-state index in [1.54, 1.807) is 0 Å². The summed E-state index contributed by atoms with van der Waals surface area (Å²) >= 11 is 0. The Morgan fingerprint density at radius 3 is 1.01 bits per heavy atom. The number of esters is 2. The van der Waals surface area contributed by atoms with Gasteiger partial charge in [-0.1, -0.05) is 261 Å². The van der Waals surface area contributed by atoms with E-state index in [1.807, 2.05) is 0 Å². The Kier molecular flexibility index (Phi) is 56.8. The molecule has 0 rings (SSSR count). The van der Waals surface area contributed by atoms with Crippen LogP contribution in [0.2, 0.25) is 0 Å². The minimum absolute atomic E-state index is 0.0792. The monoisotopic (exact) mass is 951 g/mol. The smallest absolute Gasteiger partial charge is 0.306 e. The first kappa shape index (κ1) is 65.6. The minimum Gasteiger partial charge on any atom is -0.462 e. The van der Waals surface area contributed by atoms with Crippen molar-refractivity contribution in [1.29, 1.82) is 0 Å². The van der Waals surface area contributed by atoms with Gasteiger partial charge in [0, 0.05) is 19.4 Å². The van der Waals surface area contributed by atoms with Gasteiger partial charge >= 0.3 is 11.9 Å². The fraction of sp³-hybridized carbons (Fsp3) is 0.810. The Labute approximate surface area is 424 Å². The van der Waals surface area contributed by atoms with E-state index >= 15 is 0 Å². The Bertz CT molecular complexity index is 1170. The van der Waals surface area contributed by atoms with Crippen LogP contribution in [0.3, 0.4) is 0 Å². The number of unbranched alkanes of at least 4 members (excludes halogenated alkanes) is 34. The summed E-state index contributed by atoms with van der Waals surface area (Å²) in [5, 5.41) is 0. The molecule has 0 heterocycles. The Balaban J connectivity index is 4.28. The van der Waals surface area contributed by atoms with Crippen LogP contribution in [-0.4, -0.2) is 37.9 Å². The van der Waals surface area contributed by atoms with E-state index < -0.39 is 6.10 Å². The molecule has 0 bridgehead atoms. The van der Waals surface area contributed by atoms with Crippen LogP contribution in [0.1, 0.15) is 303 Å². The average molecular weight is 952 g/mol. The molecule has 0 aromatic heterocycles. The van der Waals surface area contributed by atoms with Crippen LogP contribution in [0.25, 0.3) is 0 Å². The molecule has 1 atom stereocenters. The first-order chi connectivity index (χ1) is 33.6. The molecule has 0 amide bonds. The highest BCUT2D eigenvalue weighted by molar-refractivity contribution is 5.70.